The molecule has 0 saturated carbocycles. The number of amides is 1. The fraction of sp³-hybridized carbons (Fsp3) is 0.889. The van der Waals surface area contributed by atoms with Gasteiger partial charge in [0.25, 0.3) is 0 Å². The van der Waals surface area contributed by atoms with E-state index < -0.39 is 0 Å². The van der Waals surface area contributed by atoms with Crippen molar-refractivity contribution in [1.82, 2.24) is 10.2 Å². The van der Waals surface area contributed by atoms with Crippen LogP contribution in [0.1, 0.15) is 12.8 Å². The van der Waals surface area contributed by atoms with E-state index in [1.54, 1.807) is 0 Å². The van der Waals surface area contributed by atoms with Gasteiger partial charge in [-0.3, -0.25) is 4.79 Å². The van der Waals surface area contributed by atoms with Crippen LogP contribution in [0.5, 0.6) is 0 Å². The third kappa shape index (κ3) is 2.19. The monoisotopic (exact) mass is 184 g/mol. The number of carbonyl (C=O) groups is 1. The summed E-state index contributed by atoms with van der Waals surface area (Å²) in [6.45, 7) is 3.53. The van der Waals surface area contributed by atoms with Crippen LogP contribution in [0.15, 0.2) is 0 Å². The van der Waals surface area contributed by atoms with Crippen LogP contribution >= 0.6 is 0 Å². The molecule has 2 aliphatic heterocycles. The van der Waals surface area contributed by atoms with Crippen molar-refractivity contribution in [3.8, 4) is 0 Å². The summed E-state index contributed by atoms with van der Waals surface area (Å²) in [6.07, 6.45) is 1.39. The average molecular weight is 184 g/mol. The molecule has 0 radical (unpaired) electrons. The molecule has 0 unspecified atom stereocenters. The van der Waals surface area contributed by atoms with Crippen LogP contribution in [-0.2, 0) is 4.79 Å². The fourth-order valence-electron chi connectivity index (χ4n) is 2.14. The van der Waals surface area contributed by atoms with E-state index in [9.17, 15) is 9.90 Å². The normalized spacial score (nSPS) is 35.3. The molecule has 0 aliphatic carbocycles. The lowest BCUT2D eigenvalue weighted by atomic mass is 10.1. The summed E-state index contributed by atoms with van der Waals surface area (Å²) in [5.41, 5.74) is 0. The van der Waals surface area contributed by atoms with Gasteiger partial charge >= 0.3 is 0 Å². The molecule has 0 spiro atoms. The van der Waals surface area contributed by atoms with E-state index in [4.69, 9.17) is 0 Å². The van der Waals surface area contributed by atoms with Crippen molar-refractivity contribution in [3.63, 3.8) is 0 Å². The molecule has 4 heteroatoms. The Morgan fingerprint density at radius 3 is 3.00 bits per heavy atom. The van der Waals surface area contributed by atoms with E-state index in [0.717, 1.165) is 32.6 Å². The maximum Gasteiger partial charge on any atom is 0.220 e. The summed E-state index contributed by atoms with van der Waals surface area (Å²) >= 11 is 0. The molecule has 2 saturated heterocycles. The largest absolute Gasteiger partial charge is 0.392 e. The molecule has 0 aromatic heterocycles. The third-order valence-corrected chi connectivity index (χ3v) is 2.83. The van der Waals surface area contributed by atoms with E-state index in [-0.39, 0.29) is 12.0 Å². The lowest BCUT2D eigenvalue weighted by Gasteiger charge is -2.18. The Morgan fingerprint density at radius 1 is 1.62 bits per heavy atom. The molecule has 13 heavy (non-hydrogen) atoms. The highest BCUT2D eigenvalue weighted by atomic mass is 16.3. The second-order valence-electron chi connectivity index (χ2n) is 4.08. The molecule has 0 aromatic carbocycles. The molecule has 2 heterocycles. The number of β-amino-alcohol motifs (C(OH)–C–C–N with tert-alkyl or cyclic N) is 1. The number of aliphatic hydroxyl groups excluding tert-OH is 1. The van der Waals surface area contributed by atoms with Gasteiger partial charge in [0.05, 0.1) is 6.10 Å². The Hall–Kier alpha value is -0.610. The number of hydrogen-bond acceptors (Lipinski definition) is 3. The molecule has 2 N–H and O–H groups in total. The molecule has 4 nitrogen and oxygen atoms in total. The van der Waals surface area contributed by atoms with Crippen molar-refractivity contribution in [2.24, 2.45) is 5.92 Å². The number of aliphatic hydroxyl groups is 1. The van der Waals surface area contributed by atoms with Crippen LogP contribution in [0.2, 0.25) is 0 Å². The Balaban J connectivity index is 1.75. The molecule has 2 rings (SSSR count). The number of rotatable bonds is 2. The zero-order chi connectivity index (χ0) is 9.26. The highest BCUT2D eigenvalue weighted by Crippen LogP contribution is 2.15. The van der Waals surface area contributed by atoms with Crippen molar-refractivity contribution in [3.05, 3.63) is 0 Å². The van der Waals surface area contributed by atoms with Crippen LogP contribution in [0.25, 0.3) is 0 Å². The van der Waals surface area contributed by atoms with E-state index in [1.807, 2.05) is 0 Å². The minimum absolute atomic E-state index is 0.148. The summed E-state index contributed by atoms with van der Waals surface area (Å²) in [6, 6.07) is 0. The van der Waals surface area contributed by atoms with E-state index in [2.05, 4.69) is 10.2 Å². The van der Waals surface area contributed by atoms with Crippen LogP contribution in [-0.4, -0.2) is 48.2 Å². The quantitative estimate of drug-likeness (QED) is 0.590. The Kier molecular flexibility index (Phi) is 2.51. The van der Waals surface area contributed by atoms with Gasteiger partial charge in [0.1, 0.15) is 0 Å². The third-order valence-electron chi connectivity index (χ3n) is 2.83. The molecule has 2 atom stereocenters. The first-order valence-electron chi connectivity index (χ1n) is 4.91. The van der Waals surface area contributed by atoms with Crippen LogP contribution in [0, 0.1) is 5.92 Å². The molecule has 74 valence electrons. The zero-order valence-corrected chi connectivity index (χ0v) is 7.70. The number of nitrogens with one attached hydrogen (secondary N) is 1. The van der Waals surface area contributed by atoms with Crippen molar-refractivity contribution < 1.29 is 9.90 Å². The number of likely N-dealkylation sites (tertiary alicyclic amines) is 1. The van der Waals surface area contributed by atoms with Gasteiger partial charge in [-0.1, -0.05) is 0 Å². The van der Waals surface area contributed by atoms with E-state index in [0.29, 0.717) is 12.3 Å². The number of carbonyl (C=O) groups excluding carboxylic acids is 1. The van der Waals surface area contributed by atoms with Gasteiger partial charge in [-0.15, -0.1) is 0 Å². The predicted molar refractivity (Wildman–Crippen MR) is 48.2 cm³/mol. The second-order valence-corrected chi connectivity index (χ2v) is 4.08. The van der Waals surface area contributed by atoms with Crippen molar-refractivity contribution in [2.45, 2.75) is 18.9 Å². The first-order chi connectivity index (χ1) is 6.24. The zero-order valence-electron chi connectivity index (χ0n) is 7.70. The molecule has 0 aromatic rings. The van der Waals surface area contributed by atoms with Crippen LogP contribution in [0.4, 0.5) is 0 Å². The van der Waals surface area contributed by atoms with Crippen LogP contribution < -0.4 is 5.32 Å². The van der Waals surface area contributed by atoms with Gasteiger partial charge in [0, 0.05) is 32.6 Å². The van der Waals surface area contributed by atoms with Crippen molar-refractivity contribution >= 4 is 5.91 Å². The summed E-state index contributed by atoms with van der Waals surface area (Å²) in [7, 11) is 0. The summed E-state index contributed by atoms with van der Waals surface area (Å²) in [5, 5.41) is 12.1. The Bertz CT molecular complexity index is 208. The summed E-state index contributed by atoms with van der Waals surface area (Å²) < 4.78 is 0. The number of nitrogens with zero attached hydrogens (tertiary/aromatic N) is 1. The van der Waals surface area contributed by atoms with Crippen LogP contribution in [0.3, 0.4) is 0 Å². The minimum atomic E-state index is -0.148. The SMILES string of the molecule is O=C1C[C@H](CN2CC[C@@H](O)C2)CN1. The standard InChI is InChI=1S/C9H16N2O2/c12-8-1-2-11(6-8)5-7-3-9(13)10-4-7/h7-8,12H,1-6H2,(H,10,13)/t7-,8+/m0/s1. The maximum atomic E-state index is 10.9. The Morgan fingerprint density at radius 2 is 2.46 bits per heavy atom. The number of hydrogen-bond donors (Lipinski definition) is 2. The van der Waals surface area contributed by atoms with Gasteiger partial charge in [0.2, 0.25) is 5.91 Å². The van der Waals surface area contributed by atoms with Crippen molar-refractivity contribution in [1.29, 1.82) is 0 Å². The lowest BCUT2D eigenvalue weighted by Crippen LogP contribution is -2.29. The molecular weight excluding hydrogens is 168 g/mol. The first kappa shape index (κ1) is 8.97. The smallest absolute Gasteiger partial charge is 0.220 e. The van der Waals surface area contributed by atoms with Crippen molar-refractivity contribution in [2.75, 3.05) is 26.2 Å². The predicted octanol–water partition coefficient (Wildman–Crippen LogP) is -0.811. The lowest BCUT2D eigenvalue weighted by molar-refractivity contribution is -0.119. The molecule has 1 amide bonds. The summed E-state index contributed by atoms with van der Waals surface area (Å²) in [4.78, 5) is 13.2. The average Bonchev–Trinajstić information content (AvgIpc) is 2.62. The second kappa shape index (κ2) is 3.64. The fourth-order valence-corrected chi connectivity index (χ4v) is 2.14. The molecule has 2 fully saturated rings. The first-order valence-corrected chi connectivity index (χ1v) is 4.91. The molecule has 2 aliphatic rings. The van der Waals surface area contributed by atoms with Gasteiger partial charge < -0.3 is 15.3 Å². The van der Waals surface area contributed by atoms with Gasteiger partial charge in [-0.2, -0.15) is 0 Å². The van der Waals surface area contributed by atoms with E-state index >= 15 is 0 Å². The van der Waals surface area contributed by atoms with Gasteiger partial charge in [-0.05, 0) is 12.3 Å². The topological polar surface area (TPSA) is 52.6 Å². The Labute approximate surface area is 77.9 Å². The highest BCUT2D eigenvalue weighted by Gasteiger charge is 2.27. The minimum Gasteiger partial charge on any atom is -0.392 e. The summed E-state index contributed by atoms with van der Waals surface area (Å²) in [5.74, 6) is 0.627. The molecule has 0 bridgehead atoms. The maximum absolute atomic E-state index is 10.9. The highest BCUT2D eigenvalue weighted by molar-refractivity contribution is 5.78. The van der Waals surface area contributed by atoms with Gasteiger partial charge in [-0.25, -0.2) is 0 Å². The van der Waals surface area contributed by atoms with Gasteiger partial charge in [0.15, 0.2) is 0 Å². The van der Waals surface area contributed by atoms with E-state index in [1.165, 1.54) is 0 Å². The molecular formula is C9H16N2O2.